The van der Waals surface area contributed by atoms with Gasteiger partial charge in [-0.25, -0.2) is 0 Å². The van der Waals surface area contributed by atoms with Gasteiger partial charge in [0.15, 0.2) is 5.69 Å². The maximum atomic E-state index is 14.2. The number of primary amides is 1. The van der Waals surface area contributed by atoms with Crippen LogP contribution in [0.4, 0.5) is 17.1 Å². The van der Waals surface area contributed by atoms with Crippen molar-refractivity contribution in [3.63, 3.8) is 0 Å². The van der Waals surface area contributed by atoms with Crippen LogP contribution >= 0.6 is 11.5 Å². The summed E-state index contributed by atoms with van der Waals surface area (Å²) >= 11 is 0.793. The van der Waals surface area contributed by atoms with Crippen LogP contribution < -0.4 is 26.6 Å². The van der Waals surface area contributed by atoms with Crippen molar-refractivity contribution in [1.29, 1.82) is 0 Å². The third kappa shape index (κ3) is 6.13. The highest BCUT2D eigenvalue weighted by Gasteiger charge is 2.36. The van der Waals surface area contributed by atoms with Gasteiger partial charge in [0.25, 0.3) is 11.8 Å². The number of carbonyl (C=O) groups excluding carboxylic acids is 3. The first-order valence-corrected chi connectivity index (χ1v) is 13.2. The molecule has 202 valence electrons. The summed E-state index contributed by atoms with van der Waals surface area (Å²) < 4.78 is 4.02. The van der Waals surface area contributed by atoms with Crippen LogP contribution in [0.1, 0.15) is 63.2 Å². The number of rotatable bonds is 10. The smallest absolute Gasteiger partial charge is 0.273 e. The molecule has 3 amide bonds. The molecule has 9 nitrogen and oxygen atoms in total. The van der Waals surface area contributed by atoms with Crippen molar-refractivity contribution in [1.82, 2.24) is 9.69 Å². The van der Waals surface area contributed by atoms with Crippen molar-refractivity contribution in [2.45, 2.75) is 40.2 Å². The highest BCUT2D eigenvalue weighted by atomic mass is 32.1. The number of anilines is 3. The molecule has 3 aromatic rings. The van der Waals surface area contributed by atoms with Gasteiger partial charge in [0.2, 0.25) is 5.91 Å². The SMILES string of the molecule is Cc1cccc(N(C(=O)c2snc(C(N)=O)c2N)C(C(=O)NCCC(C)C)c2ccc(N(C)C)cc2)c1C. The minimum atomic E-state index is -1.01. The molecule has 0 aliphatic rings. The summed E-state index contributed by atoms with van der Waals surface area (Å²) in [4.78, 5) is 43.3. The van der Waals surface area contributed by atoms with Gasteiger partial charge in [-0.15, -0.1) is 0 Å². The van der Waals surface area contributed by atoms with Gasteiger partial charge in [-0.3, -0.25) is 19.3 Å². The van der Waals surface area contributed by atoms with E-state index >= 15 is 0 Å². The molecule has 0 saturated heterocycles. The van der Waals surface area contributed by atoms with Gasteiger partial charge in [0, 0.05) is 32.0 Å². The van der Waals surface area contributed by atoms with Gasteiger partial charge in [0.05, 0.1) is 5.69 Å². The second-order valence-corrected chi connectivity index (χ2v) is 10.7. The van der Waals surface area contributed by atoms with Gasteiger partial charge in [-0.1, -0.05) is 38.1 Å². The Balaban J connectivity index is 2.22. The Bertz CT molecular complexity index is 1320. The number of benzene rings is 2. The van der Waals surface area contributed by atoms with Gasteiger partial charge < -0.3 is 21.7 Å². The Hall–Kier alpha value is -3.92. The first-order valence-electron chi connectivity index (χ1n) is 12.4. The average Bonchev–Trinajstić information content (AvgIpc) is 3.25. The molecule has 0 radical (unpaired) electrons. The van der Waals surface area contributed by atoms with E-state index in [4.69, 9.17) is 11.5 Å². The van der Waals surface area contributed by atoms with Crippen LogP contribution in [0.25, 0.3) is 0 Å². The number of nitrogens with one attached hydrogen (secondary N) is 1. The molecule has 0 aliphatic heterocycles. The van der Waals surface area contributed by atoms with Crippen molar-refractivity contribution in [2.24, 2.45) is 11.7 Å². The summed E-state index contributed by atoms with van der Waals surface area (Å²) in [6.45, 7) is 8.47. The number of hydrogen-bond acceptors (Lipinski definition) is 7. The number of carbonyl (C=O) groups is 3. The van der Waals surface area contributed by atoms with E-state index in [1.54, 1.807) is 6.07 Å². The molecule has 1 unspecified atom stereocenters. The normalized spacial score (nSPS) is 11.8. The lowest BCUT2D eigenvalue weighted by molar-refractivity contribution is -0.122. The summed E-state index contributed by atoms with van der Waals surface area (Å²) in [7, 11) is 3.86. The predicted molar refractivity (Wildman–Crippen MR) is 154 cm³/mol. The summed E-state index contributed by atoms with van der Waals surface area (Å²) in [6.07, 6.45) is 0.791. The largest absolute Gasteiger partial charge is 0.395 e. The van der Waals surface area contributed by atoms with Crippen LogP contribution in [-0.2, 0) is 4.79 Å². The molecule has 0 spiro atoms. The number of nitrogen functional groups attached to an aromatic ring is 1. The lowest BCUT2D eigenvalue weighted by Gasteiger charge is -2.33. The molecular formula is C28H36N6O3S. The van der Waals surface area contributed by atoms with E-state index in [-0.39, 0.29) is 22.2 Å². The minimum Gasteiger partial charge on any atom is -0.395 e. The third-order valence-electron chi connectivity index (χ3n) is 6.46. The Morgan fingerprint density at radius 1 is 1.05 bits per heavy atom. The quantitative estimate of drug-likeness (QED) is 0.358. The Morgan fingerprint density at radius 3 is 2.26 bits per heavy atom. The van der Waals surface area contributed by atoms with Crippen LogP contribution in [0.15, 0.2) is 42.5 Å². The number of amides is 3. The van der Waals surface area contributed by atoms with Crippen LogP contribution in [0.5, 0.6) is 0 Å². The first kappa shape index (κ1) is 28.6. The molecular weight excluding hydrogens is 500 g/mol. The molecule has 0 fully saturated rings. The lowest BCUT2D eigenvalue weighted by atomic mass is 9.99. The average molecular weight is 537 g/mol. The molecule has 38 heavy (non-hydrogen) atoms. The fourth-order valence-electron chi connectivity index (χ4n) is 4.05. The number of aromatic nitrogens is 1. The predicted octanol–water partition coefficient (Wildman–Crippen LogP) is 4.06. The second kappa shape index (κ2) is 12.1. The second-order valence-electron chi connectivity index (χ2n) is 9.89. The van der Waals surface area contributed by atoms with Gasteiger partial charge >= 0.3 is 0 Å². The first-order chi connectivity index (χ1) is 17.9. The Labute approximate surface area is 228 Å². The standard InChI is InChI=1S/C28H36N6O3S/c1-16(2)14-15-31-27(36)24(19-10-12-20(13-11-19)33(5)6)34(21-9-7-8-17(3)18(21)4)28(37)25-22(29)23(26(30)35)32-38-25/h7-13,16,24H,14-15,29H2,1-6H3,(H2,30,35)(H,31,36). The highest BCUT2D eigenvalue weighted by molar-refractivity contribution is 7.09. The molecule has 0 aliphatic carbocycles. The minimum absolute atomic E-state index is 0.0459. The molecule has 1 atom stereocenters. The van der Waals surface area contributed by atoms with E-state index in [1.807, 2.05) is 69.2 Å². The Morgan fingerprint density at radius 2 is 1.71 bits per heavy atom. The number of nitrogens with two attached hydrogens (primary N) is 2. The molecule has 2 aromatic carbocycles. The topological polar surface area (TPSA) is 135 Å². The molecule has 3 rings (SSSR count). The molecule has 10 heteroatoms. The van der Waals surface area contributed by atoms with Crippen LogP contribution in [0.3, 0.4) is 0 Å². The van der Waals surface area contributed by atoms with E-state index in [1.165, 1.54) is 4.90 Å². The fraction of sp³-hybridized carbons (Fsp3) is 0.357. The highest BCUT2D eigenvalue weighted by Crippen LogP contribution is 2.36. The van der Waals surface area contributed by atoms with Crippen molar-refractivity contribution in [3.05, 3.63) is 69.7 Å². The monoisotopic (exact) mass is 536 g/mol. The van der Waals surface area contributed by atoms with Gasteiger partial charge in [0.1, 0.15) is 10.9 Å². The van der Waals surface area contributed by atoms with Crippen molar-refractivity contribution >= 4 is 46.3 Å². The summed E-state index contributed by atoms with van der Waals surface area (Å²) in [5.74, 6) is -1.29. The lowest BCUT2D eigenvalue weighted by Crippen LogP contribution is -2.44. The maximum absolute atomic E-state index is 14.2. The van der Waals surface area contributed by atoms with Gasteiger partial charge in [-0.2, -0.15) is 4.37 Å². The third-order valence-corrected chi connectivity index (χ3v) is 7.31. The summed E-state index contributed by atoms with van der Waals surface area (Å²) in [6, 6.07) is 12.1. The van der Waals surface area contributed by atoms with E-state index in [0.29, 0.717) is 23.7 Å². The fourth-order valence-corrected chi connectivity index (χ4v) is 4.80. The van der Waals surface area contributed by atoms with Gasteiger partial charge in [-0.05, 0) is 72.6 Å². The number of hydrogen-bond donors (Lipinski definition) is 3. The molecule has 5 N–H and O–H groups in total. The summed E-state index contributed by atoms with van der Waals surface area (Å²) in [5, 5.41) is 3.02. The Kier molecular flexibility index (Phi) is 9.11. The maximum Gasteiger partial charge on any atom is 0.273 e. The van der Waals surface area contributed by atoms with Crippen LogP contribution in [0.2, 0.25) is 0 Å². The molecule has 0 saturated carbocycles. The number of aryl methyl sites for hydroxylation is 1. The van der Waals surface area contributed by atoms with Crippen molar-refractivity contribution in [3.8, 4) is 0 Å². The van der Waals surface area contributed by atoms with Crippen molar-refractivity contribution < 1.29 is 14.4 Å². The van der Waals surface area contributed by atoms with Crippen molar-refractivity contribution in [2.75, 3.05) is 36.2 Å². The van der Waals surface area contributed by atoms with E-state index in [2.05, 4.69) is 23.5 Å². The zero-order chi connectivity index (χ0) is 28.1. The van der Waals surface area contributed by atoms with Crippen LogP contribution in [-0.4, -0.2) is 42.7 Å². The summed E-state index contributed by atoms with van der Waals surface area (Å²) in [5.41, 5.74) is 15.3. The molecule has 1 heterocycles. The molecule has 0 bridgehead atoms. The number of nitrogens with zero attached hydrogens (tertiary/aromatic N) is 3. The van der Waals surface area contributed by atoms with E-state index < -0.39 is 17.9 Å². The molecule has 1 aromatic heterocycles. The van der Waals surface area contributed by atoms with E-state index in [0.717, 1.165) is 34.8 Å². The van der Waals surface area contributed by atoms with E-state index in [9.17, 15) is 14.4 Å². The zero-order valence-electron chi connectivity index (χ0n) is 22.7. The zero-order valence-corrected chi connectivity index (χ0v) is 23.6. The van der Waals surface area contributed by atoms with Crippen LogP contribution in [0, 0.1) is 19.8 Å².